The van der Waals surface area contributed by atoms with E-state index in [4.69, 9.17) is 15.6 Å². The zero-order chi connectivity index (χ0) is 18.1. The molecule has 0 aliphatic heterocycles. The Balaban J connectivity index is 2.90. The number of carboxylic acids is 1. The van der Waals surface area contributed by atoms with Gasteiger partial charge in [-0.3, -0.25) is 14.4 Å². The van der Waals surface area contributed by atoms with Crippen LogP contribution in [0.4, 0.5) is 0 Å². The van der Waals surface area contributed by atoms with Gasteiger partial charge in [-0.25, -0.2) is 0 Å². The Kier molecular flexibility index (Phi) is 7.91. The maximum atomic E-state index is 12.7. The lowest BCUT2D eigenvalue weighted by Gasteiger charge is -2.25. The van der Waals surface area contributed by atoms with Gasteiger partial charge in [0.2, 0.25) is 5.91 Å². The smallest absolute Gasteiger partial charge is 0.308 e. The number of carbonyl (C=O) groups excluding carboxylic acids is 2. The van der Waals surface area contributed by atoms with Gasteiger partial charge in [-0.15, -0.1) is 0 Å². The van der Waals surface area contributed by atoms with Crippen molar-refractivity contribution in [2.75, 3.05) is 26.3 Å². The van der Waals surface area contributed by atoms with E-state index in [0.29, 0.717) is 31.7 Å². The third-order valence-corrected chi connectivity index (χ3v) is 3.52. The van der Waals surface area contributed by atoms with Crippen molar-refractivity contribution in [1.29, 1.82) is 0 Å². The van der Waals surface area contributed by atoms with Crippen LogP contribution in [0.1, 0.15) is 41.0 Å². The third kappa shape index (κ3) is 6.00. The maximum Gasteiger partial charge on any atom is 0.308 e. The number of benzene rings is 1. The first kappa shape index (κ1) is 19.6. The molecule has 0 saturated carbocycles. The first-order valence-corrected chi connectivity index (χ1v) is 7.86. The number of nitrogens with two attached hydrogens (primary N) is 1. The van der Waals surface area contributed by atoms with Crippen molar-refractivity contribution < 1.29 is 24.2 Å². The molecule has 3 N–H and O–H groups in total. The molecular weight excluding hydrogens is 312 g/mol. The Morgan fingerprint density at radius 1 is 1.29 bits per heavy atom. The van der Waals surface area contributed by atoms with Gasteiger partial charge in [0.25, 0.3) is 5.91 Å². The van der Waals surface area contributed by atoms with Gasteiger partial charge in [0, 0.05) is 37.4 Å². The van der Waals surface area contributed by atoms with Gasteiger partial charge in [-0.1, -0.05) is 13.0 Å². The van der Waals surface area contributed by atoms with Crippen LogP contribution < -0.4 is 5.73 Å². The minimum absolute atomic E-state index is 0.0844. The van der Waals surface area contributed by atoms with Crippen molar-refractivity contribution in [2.24, 2.45) is 11.7 Å². The molecule has 24 heavy (non-hydrogen) atoms. The van der Waals surface area contributed by atoms with Crippen LogP contribution in [-0.4, -0.2) is 54.1 Å². The predicted molar refractivity (Wildman–Crippen MR) is 88.8 cm³/mol. The van der Waals surface area contributed by atoms with Crippen LogP contribution in [0.2, 0.25) is 0 Å². The third-order valence-electron chi connectivity index (χ3n) is 3.52. The summed E-state index contributed by atoms with van der Waals surface area (Å²) in [5.41, 5.74) is 5.78. The van der Waals surface area contributed by atoms with Crippen LogP contribution in [0, 0.1) is 5.92 Å². The van der Waals surface area contributed by atoms with E-state index in [0.717, 1.165) is 0 Å². The van der Waals surface area contributed by atoms with Gasteiger partial charge < -0.3 is 20.5 Å². The summed E-state index contributed by atoms with van der Waals surface area (Å²) in [5.74, 6) is -2.61. The van der Waals surface area contributed by atoms with E-state index in [9.17, 15) is 14.4 Å². The van der Waals surface area contributed by atoms with E-state index >= 15 is 0 Å². The van der Waals surface area contributed by atoms with Crippen LogP contribution in [0.3, 0.4) is 0 Å². The quantitative estimate of drug-likeness (QED) is 0.627. The number of primary amides is 1. The van der Waals surface area contributed by atoms with Crippen molar-refractivity contribution in [2.45, 2.75) is 20.3 Å². The topological polar surface area (TPSA) is 110 Å². The molecule has 0 bridgehead atoms. The van der Waals surface area contributed by atoms with Crippen LogP contribution in [0.15, 0.2) is 24.3 Å². The monoisotopic (exact) mass is 336 g/mol. The molecule has 0 aliphatic rings. The van der Waals surface area contributed by atoms with Gasteiger partial charge in [0.15, 0.2) is 0 Å². The molecule has 0 radical (unpaired) electrons. The summed E-state index contributed by atoms with van der Waals surface area (Å²) in [7, 11) is 0. The van der Waals surface area contributed by atoms with Gasteiger partial charge in [-0.2, -0.15) is 0 Å². The molecule has 7 heteroatoms. The first-order chi connectivity index (χ1) is 11.4. The van der Waals surface area contributed by atoms with E-state index in [-0.39, 0.29) is 18.0 Å². The fourth-order valence-electron chi connectivity index (χ4n) is 2.17. The standard InChI is InChI=1S/C17H24N2O5/c1-3-24-9-5-8-19(11-12(2)17(22)23)16(21)14-7-4-6-13(10-14)15(18)20/h4,6-7,10,12H,3,5,8-9,11H2,1-2H3,(H2,18,20)(H,22,23). The summed E-state index contributed by atoms with van der Waals surface area (Å²) in [6.45, 7) is 4.96. The number of ether oxygens (including phenoxy) is 1. The first-order valence-electron chi connectivity index (χ1n) is 7.86. The van der Waals surface area contributed by atoms with Crippen molar-refractivity contribution >= 4 is 17.8 Å². The molecule has 2 amide bonds. The molecule has 0 heterocycles. The molecule has 1 aromatic carbocycles. The normalized spacial score (nSPS) is 11.8. The Labute approximate surface area is 141 Å². The number of rotatable bonds is 10. The highest BCUT2D eigenvalue weighted by Crippen LogP contribution is 2.11. The molecule has 7 nitrogen and oxygen atoms in total. The number of aliphatic carboxylic acids is 1. The highest BCUT2D eigenvalue weighted by molar-refractivity contribution is 5.99. The van der Waals surface area contributed by atoms with E-state index in [2.05, 4.69) is 0 Å². The maximum absolute atomic E-state index is 12.7. The van der Waals surface area contributed by atoms with E-state index in [1.54, 1.807) is 19.1 Å². The number of amides is 2. The van der Waals surface area contributed by atoms with E-state index in [1.165, 1.54) is 17.0 Å². The summed E-state index contributed by atoms with van der Waals surface area (Å²) in [5, 5.41) is 9.09. The summed E-state index contributed by atoms with van der Waals surface area (Å²) >= 11 is 0. The Morgan fingerprint density at radius 2 is 1.96 bits per heavy atom. The second kappa shape index (κ2) is 9.67. The van der Waals surface area contributed by atoms with Crippen molar-refractivity contribution in [3.63, 3.8) is 0 Å². The zero-order valence-electron chi connectivity index (χ0n) is 14.0. The molecule has 1 atom stereocenters. The highest BCUT2D eigenvalue weighted by atomic mass is 16.5. The van der Waals surface area contributed by atoms with Crippen molar-refractivity contribution in [3.05, 3.63) is 35.4 Å². The van der Waals surface area contributed by atoms with Crippen LogP contribution in [0.5, 0.6) is 0 Å². The molecule has 0 fully saturated rings. The van der Waals surface area contributed by atoms with Gasteiger partial charge in [-0.05, 0) is 31.5 Å². The number of carboxylic acid groups (broad SMARTS) is 1. The molecule has 1 aromatic rings. The predicted octanol–water partition coefficient (Wildman–Crippen LogP) is 1.37. The largest absolute Gasteiger partial charge is 0.481 e. The lowest BCUT2D eigenvalue weighted by Crippen LogP contribution is -2.38. The average molecular weight is 336 g/mol. The SMILES string of the molecule is CCOCCCN(CC(C)C(=O)O)C(=O)c1cccc(C(N)=O)c1. The van der Waals surface area contributed by atoms with E-state index < -0.39 is 17.8 Å². The highest BCUT2D eigenvalue weighted by Gasteiger charge is 2.22. The minimum Gasteiger partial charge on any atom is -0.481 e. The molecule has 0 spiro atoms. The molecule has 0 aliphatic carbocycles. The van der Waals surface area contributed by atoms with E-state index in [1.807, 2.05) is 6.92 Å². The fraction of sp³-hybridized carbons (Fsp3) is 0.471. The van der Waals surface area contributed by atoms with Gasteiger partial charge in [0.05, 0.1) is 5.92 Å². The average Bonchev–Trinajstić information content (AvgIpc) is 2.56. The Hall–Kier alpha value is -2.41. The summed E-state index contributed by atoms with van der Waals surface area (Å²) in [6, 6.07) is 6.10. The minimum atomic E-state index is -0.969. The summed E-state index contributed by atoms with van der Waals surface area (Å²) < 4.78 is 5.26. The lowest BCUT2D eigenvalue weighted by atomic mass is 10.1. The number of hydrogen-bond donors (Lipinski definition) is 2. The molecule has 1 rings (SSSR count). The summed E-state index contributed by atoms with van der Waals surface area (Å²) in [4.78, 5) is 36.5. The second-order valence-electron chi connectivity index (χ2n) is 5.49. The number of carbonyl (C=O) groups is 3. The van der Waals surface area contributed by atoms with Crippen molar-refractivity contribution in [3.8, 4) is 0 Å². The molecule has 132 valence electrons. The fourth-order valence-corrected chi connectivity index (χ4v) is 2.17. The van der Waals surface area contributed by atoms with Crippen LogP contribution in [-0.2, 0) is 9.53 Å². The lowest BCUT2D eigenvalue weighted by molar-refractivity contribution is -0.141. The van der Waals surface area contributed by atoms with Crippen molar-refractivity contribution in [1.82, 2.24) is 4.90 Å². The molecule has 0 saturated heterocycles. The Bertz CT molecular complexity index is 588. The van der Waals surface area contributed by atoms with Crippen LogP contribution in [0.25, 0.3) is 0 Å². The zero-order valence-corrected chi connectivity index (χ0v) is 14.0. The summed E-state index contributed by atoms with van der Waals surface area (Å²) in [6.07, 6.45) is 0.599. The van der Waals surface area contributed by atoms with Gasteiger partial charge in [0.1, 0.15) is 0 Å². The second-order valence-corrected chi connectivity index (χ2v) is 5.49. The molecule has 1 unspecified atom stereocenters. The molecule has 0 aromatic heterocycles. The Morgan fingerprint density at radius 3 is 2.54 bits per heavy atom. The molecular formula is C17H24N2O5. The van der Waals surface area contributed by atoms with Gasteiger partial charge >= 0.3 is 5.97 Å². The van der Waals surface area contributed by atoms with Crippen LogP contribution >= 0.6 is 0 Å². The number of hydrogen-bond acceptors (Lipinski definition) is 4. The number of nitrogens with zero attached hydrogens (tertiary/aromatic N) is 1.